The number of anilines is 1. The lowest BCUT2D eigenvalue weighted by molar-refractivity contribution is 0.379. The first-order chi connectivity index (χ1) is 6.98. The molecule has 1 heterocycles. The zero-order chi connectivity index (χ0) is 11.5. The first-order valence-corrected chi connectivity index (χ1v) is 6.23. The van der Waals surface area contributed by atoms with Crippen LogP contribution in [-0.4, -0.2) is 24.6 Å². The fourth-order valence-electron chi connectivity index (χ4n) is 1.38. The number of aryl methyl sites for hydroxylation is 1. The molecule has 15 heavy (non-hydrogen) atoms. The molecule has 0 amide bonds. The second kappa shape index (κ2) is 4.94. The number of nitrogens with zero attached hydrogens (tertiary/aromatic N) is 2. The van der Waals surface area contributed by atoms with Gasteiger partial charge in [-0.15, -0.1) is 11.3 Å². The van der Waals surface area contributed by atoms with Crippen LogP contribution in [0.3, 0.4) is 0 Å². The Balaban J connectivity index is 2.72. The fraction of sp³-hybridized carbons (Fsp3) is 0.727. The van der Waals surface area contributed by atoms with E-state index in [9.17, 15) is 0 Å². The molecule has 0 bridgehead atoms. The lowest BCUT2D eigenvalue weighted by atomic mass is 9.93. The Morgan fingerprint density at radius 3 is 2.60 bits per heavy atom. The van der Waals surface area contributed by atoms with Gasteiger partial charge in [-0.3, -0.25) is 0 Å². The van der Waals surface area contributed by atoms with Crippen LogP contribution in [0.2, 0.25) is 0 Å². The minimum absolute atomic E-state index is 0.148. The van der Waals surface area contributed by atoms with E-state index in [2.05, 4.69) is 36.0 Å². The number of aromatic nitrogens is 1. The van der Waals surface area contributed by atoms with E-state index < -0.39 is 0 Å². The third-order valence-electron chi connectivity index (χ3n) is 2.43. The molecule has 2 N–H and O–H groups in total. The molecular formula is C11H21N3S. The Labute approximate surface area is 96.3 Å². The molecular weight excluding hydrogens is 206 g/mol. The van der Waals surface area contributed by atoms with Crippen LogP contribution in [0.25, 0.3) is 0 Å². The quantitative estimate of drug-likeness (QED) is 0.839. The van der Waals surface area contributed by atoms with E-state index in [-0.39, 0.29) is 5.41 Å². The monoisotopic (exact) mass is 227 g/mol. The molecule has 0 radical (unpaired) electrons. The molecule has 4 heteroatoms. The van der Waals surface area contributed by atoms with Crippen molar-refractivity contribution in [2.45, 2.75) is 27.7 Å². The third-order valence-corrected chi connectivity index (χ3v) is 3.45. The summed E-state index contributed by atoms with van der Waals surface area (Å²) < 4.78 is 0. The average molecular weight is 227 g/mol. The van der Waals surface area contributed by atoms with E-state index in [1.807, 2.05) is 6.92 Å². The summed E-state index contributed by atoms with van der Waals surface area (Å²) in [5.41, 5.74) is 6.99. The fourth-order valence-corrected chi connectivity index (χ4v) is 2.25. The zero-order valence-electron chi connectivity index (χ0n) is 10.1. The second-order valence-electron chi connectivity index (χ2n) is 4.65. The zero-order valence-corrected chi connectivity index (χ0v) is 10.9. The maximum atomic E-state index is 5.75. The molecule has 0 spiro atoms. The van der Waals surface area contributed by atoms with Gasteiger partial charge in [0.2, 0.25) is 0 Å². The lowest BCUT2D eigenvalue weighted by Crippen LogP contribution is -2.38. The SMILES string of the molecule is CCN(CC(C)(C)CN)c1nc(C)cs1. The van der Waals surface area contributed by atoms with Gasteiger partial charge in [-0.1, -0.05) is 13.8 Å². The highest BCUT2D eigenvalue weighted by molar-refractivity contribution is 7.13. The van der Waals surface area contributed by atoms with Crippen LogP contribution >= 0.6 is 11.3 Å². The first kappa shape index (κ1) is 12.5. The molecule has 1 rings (SSSR count). The molecule has 0 saturated heterocycles. The average Bonchev–Trinajstić information content (AvgIpc) is 2.61. The minimum Gasteiger partial charge on any atom is -0.348 e. The molecule has 0 aromatic carbocycles. The molecule has 3 nitrogen and oxygen atoms in total. The Morgan fingerprint density at radius 1 is 1.53 bits per heavy atom. The van der Waals surface area contributed by atoms with Crippen molar-refractivity contribution < 1.29 is 0 Å². The van der Waals surface area contributed by atoms with E-state index >= 15 is 0 Å². The molecule has 1 aromatic heterocycles. The van der Waals surface area contributed by atoms with Crippen LogP contribution < -0.4 is 10.6 Å². The Bertz CT molecular complexity index is 307. The van der Waals surface area contributed by atoms with Crippen LogP contribution in [0.5, 0.6) is 0 Å². The Hall–Kier alpha value is -0.610. The minimum atomic E-state index is 0.148. The van der Waals surface area contributed by atoms with Crippen LogP contribution in [0.4, 0.5) is 5.13 Å². The maximum absolute atomic E-state index is 5.75. The van der Waals surface area contributed by atoms with Crippen molar-refractivity contribution in [3.63, 3.8) is 0 Å². The molecule has 0 aliphatic carbocycles. The first-order valence-electron chi connectivity index (χ1n) is 5.35. The lowest BCUT2D eigenvalue weighted by Gasteiger charge is -2.30. The summed E-state index contributed by atoms with van der Waals surface area (Å²) in [7, 11) is 0. The number of hydrogen-bond donors (Lipinski definition) is 1. The Kier molecular flexibility index (Phi) is 4.11. The van der Waals surface area contributed by atoms with Gasteiger partial charge in [0.05, 0.1) is 5.69 Å². The highest BCUT2D eigenvalue weighted by atomic mass is 32.1. The second-order valence-corrected chi connectivity index (χ2v) is 5.49. The summed E-state index contributed by atoms with van der Waals surface area (Å²) in [6.07, 6.45) is 0. The number of hydrogen-bond acceptors (Lipinski definition) is 4. The molecule has 0 saturated carbocycles. The van der Waals surface area contributed by atoms with Gasteiger partial charge in [0.15, 0.2) is 5.13 Å². The van der Waals surface area contributed by atoms with Gasteiger partial charge in [0.25, 0.3) is 0 Å². The van der Waals surface area contributed by atoms with Gasteiger partial charge in [-0.2, -0.15) is 0 Å². The number of nitrogens with two attached hydrogens (primary N) is 1. The van der Waals surface area contributed by atoms with Crippen LogP contribution in [0.15, 0.2) is 5.38 Å². The van der Waals surface area contributed by atoms with E-state index in [0.29, 0.717) is 6.54 Å². The van der Waals surface area contributed by atoms with Crippen LogP contribution in [-0.2, 0) is 0 Å². The smallest absolute Gasteiger partial charge is 0.185 e. The van der Waals surface area contributed by atoms with Crippen molar-refractivity contribution in [1.82, 2.24) is 4.98 Å². The van der Waals surface area contributed by atoms with Crippen molar-refractivity contribution >= 4 is 16.5 Å². The summed E-state index contributed by atoms with van der Waals surface area (Å²) in [6, 6.07) is 0. The number of thiazole rings is 1. The van der Waals surface area contributed by atoms with Gasteiger partial charge < -0.3 is 10.6 Å². The highest BCUT2D eigenvalue weighted by Gasteiger charge is 2.20. The van der Waals surface area contributed by atoms with E-state index in [1.165, 1.54) is 0 Å². The predicted octanol–water partition coefficient (Wildman–Crippen LogP) is 2.26. The van der Waals surface area contributed by atoms with Gasteiger partial charge in [0, 0.05) is 18.5 Å². The van der Waals surface area contributed by atoms with Gasteiger partial charge >= 0.3 is 0 Å². The summed E-state index contributed by atoms with van der Waals surface area (Å²) in [6.45, 7) is 11.2. The molecule has 0 fully saturated rings. The molecule has 0 unspecified atom stereocenters. The summed E-state index contributed by atoms with van der Waals surface area (Å²) in [4.78, 5) is 6.80. The topological polar surface area (TPSA) is 42.1 Å². The molecule has 0 aliphatic heterocycles. The van der Waals surface area contributed by atoms with Gasteiger partial charge in [0.1, 0.15) is 0 Å². The summed E-state index contributed by atoms with van der Waals surface area (Å²) in [5, 5.41) is 3.20. The molecule has 86 valence electrons. The van der Waals surface area contributed by atoms with Crippen LogP contribution in [0, 0.1) is 12.3 Å². The highest BCUT2D eigenvalue weighted by Crippen LogP contribution is 2.24. The van der Waals surface area contributed by atoms with E-state index in [4.69, 9.17) is 5.73 Å². The van der Waals surface area contributed by atoms with Crippen LogP contribution in [0.1, 0.15) is 26.5 Å². The van der Waals surface area contributed by atoms with Crippen molar-refractivity contribution in [2.75, 3.05) is 24.5 Å². The van der Waals surface area contributed by atoms with Crippen molar-refractivity contribution in [3.05, 3.63) is 11.1 Å². The molecule has 0 atom stereocenters. The standard InChI is InChI=1S/C11H21N3S/c1-5-14(8-11(3,4)7-12)10-13-9(2)6-15-10/h6H,5,7-8,12H2,1-4H3. The molecule has 0 aliphatic rings. The third kappa shape index (κ3) is 3.47. The van der Waals surface area contributed by atoms with Crippen molar-refractivity contribution in [1.29, 1.82) is 0 Å². The van der Waals surface area contributed by atoms with E-state index in [0.717, 1.165) is 23.9 Å². The van der Waals surface area contributed by atoms with Gasteiger partial charge in [-0.25, -0.2) is 4.98 Å². The van der Waals surface area contributed by atoms with E-state index in [1.54, 1.807) is 11.3 Å². The molecule has 1 aromatic rings. The number of rotatable bonds is 5. The Morgan fingerprint density at radius 2 is 2.20 bits per heavy atom. The summed E-state index contributed by atoms with van der Waals surface area (Å²) >= 11 is 1.71. The van der Waals surface area contributed by atoms with Crippen molar-refractivity contribution in [2.24, 2.45) is 11.1 Å². The summed E-state index contributed by atoms with van der Waals surface area (Å²) in [5.74, 6) is 0. The normalized spacial score (nSPS) is 11.8. The maximum Gasteiger partial charge on any atom is 0.185 e. The van der Waals surface area contributed by atoms with Crippen molar-refractivity contribution in [3.8, 4) is 0 Å². The predicted molar refractivity (Wildman–Crippen MR) is 67.6 cm³/mol. The largest absolute Gasteiger partial charge is 0.348 e. The van der Waals surface area contributed by atoms with Gasteiger partial charge in [-0.05, 0) is 25.8 Å².